The minimum Gasteiger partial charge on any atom is -0.441 e. The van der Waals surface area contributed by atoms with E-state index >= 15 is 0 Å². The van der Waals surface area contributed by atoms with Crippen molar-refractivity contribution in [3.63, 3.8) is 0 Å². The fourth-order valence-corrected chi connectivity index (χ4v) is 2.84. The van der Waals surface area contributed by atoms with Crippen LogP contribution >= 0.6 is 0 Å². The van der Waals surface area contributed by atoms with E-state index in [1.165, 1.54) is 32.0 Å². The largest absolute Gasteiger partial charge is 0.441 e. The number of ether oxygens (including phenoxy) is 1. The summed E-state index contributed by atoms with van der Waals surface area (Å²) in [6.07, 6.45) is 1.71. The van der Waals surface area contributed by atoms with Crippen LogP contribution in [0, 0.1) is 11.6 Å². The van der Waals surface area contributed by atoms with Crippen LogP contribution in [-0.2, 0) is 12.1 Å². The Labute approximate surface area is 139 Å². The van der Waals surface area contributed by atoms with Gasteiger partial charge in [-0.2, -0.15) is 0 Å². The quantitative estimate of drug-likeness (QED) is 0.922. The molecule has 1 aliphatic rings. The molecule has 1 aliphatic heterocycles. The van der Waals surface area contributed by atoms with Gasteiger partial charge in [0.05, 0.1) is 11.2 Å². The van der Waals surface area contributed by atoms with Crippen molar-refractivity contribution >= 4 is 6.08 Å². The molecule has 0 aromatic heterocycles. The third-order valence-electron chi connectivity index (χ3n) is 4.01. The summed E-state index contributed by atoms with van der Waals surface area (Å²) in [4.78, 5) is 1.74. The molecule has 0 bridgehead atoms. The number of hydrogen-bond donors (Lipinski definition) is 1. The van der Waals surface area contributed by atoms with Crippen molar-refractivity contribution in [2.24, 2.45) is 0 Å². The van der Waals surface area contributed by atoms with Gasteiger partial charge < -0.3 is 14.7 Å². The molecule has 24 heavy (non-hydrogen) atoms. The van der Waals surface area contributed by atoms with Crippen molar-refractivity contribution in [3.8, 4) is 5.75 Å². The van der Waals surface area contributed by atoms with Gasteiger partial charge in [0.25, 0.3) is 0 Å². The fraction of sp³-hybridized carbons (Fsp3) is 0.263. The van der Waals surface area contributed by atoms with Gasteiger partial charge in [-0.25, -0.2) is 8.78 Å². The zero-order valence-corrected chi connectivity index (χ0v) is 13.8. The zero-order chi connectivity index (χ0) is 17.5. The lowest BCUT2D eigenvalue weighted by molar-refractivity contribution is 0.0705. The summed E-state index contributed by atoms with van der Waals surface area (Å²) in [7, 11) is 1.77. The molecule has 3 rings (SSSR count). The normalized spacial score (nSPS) is 14.2. The van der Waals surface area contributed by atoms with Crippen LogP contribution < -0.4 is 4.74 Å². The van der Waals surface area contributed by atoms with Gasteiger partial charge in [0.1, 0.15) is 17.4 Å². The maximum atomic E-state index is 14.2. The average molecular weight is 331 g/mol. The van der Waals surface area contributed by atoms with Crippen molar-refractivity contribution in [1.29, 1.82) is 0 Å². The molecule has 0 atom stereocenters. The van der Waals surface area contributed by atoms with E-state index in [1.807, 2.05) is 0 Å². The summed E-state index contributed by atoms with van der Waals surface area (Å²) in [6, 6.07) is 9.27. The van der Waals surface area contributed by atoms with Gasteiger partial charge in [0.15, 0.2) is 5.88 Å². The highest BCUT2D eigenvalue weighted by Gasteiger charge is 2.27. The summed E-state index contributed by atoms with van der Waals surface area (Å²) in [5.41, 5.74) is 0.0151. The SMILES string of the molecule is CN1Cc2c(F)cccc2C=C1Oc1cccc(F)c1C(C)(C)O. The summed E-state index contributed by atoms with van der Waals surface area (Å²) >= 11 is 0. The average Bonchev–Trinajstić information content (AvgIpc) is 2.48. The fourth-order valence-electron chi connectivity index (χ4n) is 2.84. The second-order valence-corrected chi connectivity index (χ2v) is 6.42. The van der Waals surface area contributed by atoms with Crippen LogP contribution in [0.25, 0.3) is 6.08 Å². The third kappa shape index (κ3) is 2.99. The van der Waals surface area contributed by atoms with E-state index in [0.717, 1.165) is 5.56 Å². The van der Waals surface area contributed by atoms with E-state index in [9.17, 15) is 13.9 Å². The first-order valence-corrected chi connectivity index (χ1v) is 7.67. The molecule has 3 nitrogen and oxygen atoms in total. The number of nitrogens with zero attached hydrogens (tertiary/aromatic N) is 1. The molecule has 0 saturated heterocycles. The van der Waals surface area contributed by atoms with Crippen molar-refractivity contribution in [2.75, 3.05) is 7.05 Å². The topological polar surface area (TPSA) is 32.7 Å². The standard InChI is InChI=1S/C19H19F2NO2/c1-19(2,23)18-15(21)8-5-9-16(18)24-17-10-12-6-4-7-14(20)13(12)11-22(17)3/h4-10,23H,11H2,1-3H3. The molecule has 126 valence electrons. The molecule has 0 unspecified atom stereocenters. The number of rotatable bonds is 3. The van der Waals surface area contributed by atoms with E-state index in [-0.39, 0.29) is 17.1 Å². The molecular formula is C19H19F2NO2. The van der Waals surface area contributed by atoms with Gasteiger partial charge in [-0.05, 0) is 37.6 Å². The summed E-state index contributed by atoms with van der Waals surface area (Å²) in [5.74, 6) is -0.104. The Kier molecular flexibility index (Phi) is 4.05. The molecule has 1 N–H and O–H groups in total. The van der Waals surface area contributed by atoms with Gasteiger partial charge in [0, 0.05) is 25.2 Å². The van der Waals surface area contributed by atoms with E-state index in [2.05, 4.69) is 0 Å². The van der Waals surface area contributed by atoms with Crippen molar-refractivity contribution < 1.29 is 18.6 Å². The van der Waals surface area contributed by atoms with Gasteiger partial charge in [0.2, 0.25) is 0 Å². The Hall–Kier alpha value is -2.40. The van der Waals surface area contributed by atoms with Crippen LogP contribution in [0.2, 0.25) is 0 Å². The Morgan fingerprint density at radius 1 is 1.08 bits per heavy atom. The first-order valence-electron chi connectivity index (χ1n) is 7.67. The molecule has 5 heteroatoms. The molecule has 2 aromatic rings. The molecule has 0 spiro atoms. The van der Waals surface area contributed by atoms with E-state index in [0.29, 0.717) is 18.0 Å². The maximum Gasteiger partial charge on any atom is 0.196 e. The number of aliphatic hydroxyl groups is 1. The molecule has 0 radical (unpaired) electrons. The first-order chi connectivity index (χ1) is 11.3. The van der Waals surface area contributed by atoms with Crippen molar-refractivity contribution in [3.05, 3.63) is 70.6 Å². The van der Waals surface area contributed by atoms with Crippen LogP contribution in [-0.4, -0.2) is 17.1 Å². The highest BCUT2D eigenvalue weighted by molar-refractivity contribution is 5.58. The van der Waals surface area contributed by atoms with E-state index in [4.69, 9.17) is 4.74 Å². The highest BCUT2D eigenvalue weighted by Crippen LogP contribution is 2.35. The second kappa shape index (κ2) is 5.91. The van der Waals surface area contributed by atoms with Gasteiger partial charge in [-0.15, -0.1) is 0 Å². The lowest BCUT2D eigenvalue weighted by atomic mass is 9.96. The van der Waals surface area contributed by atoms with Gasteiger partial charge in [-0.1, -0.05) is 18.2 Å². The lowest BCUT2D eigenvalue weighted by Gasteiger charge is -2.29. The molecule has 2 aromatic carbocycles. The summed E-state index contributed by atoms with van der Waals surface area (Å²) < 4.78 is 33.9. The predicted octanol–water partition coefficient (Wildman–Crippen LogP) is 4.02. The Morgan fingerprint density at radius 3 is 2.46 bits per heavy atom. The van der Waals surface area contributed by atoms with Gasteiger partial charge in [-0.3, -0.25) is 0 Å². The second-order valence-electron chi connectivity index (χ2n) is 6.42. The smallest absolute Gasteiger partial charge is 0.196 e. The molecule has 0 aliphatic carbocycles. The van der Waals surface area contributed by atoms with Gasteiger partial charge >= 0.3 is 0 Å². The Balaban J connectivity index is 2.02. The number of halogens is 2. The minimum absolute atomic E-state index is 0.0874. The highest BCUT2D eigenvalue weighted by atomic mass is 19.1. The monoisotopic (exact) mass is 331 g/mol. The number of benzene rings is 2. The van der Waals surface area contributed by atoms with Crippen LogP contribution in [0.3, 0.4) is 0 Å². The summed E-state index contributed by atoms with van der Waals surface area (Å²) in [5, 5.41) is 10.2. The number of hydrogen-bond acceptors (Lipinski definition) is 3. The molecule has 0 amide bonds. The zero-order valence-electron chi connectivity index (χ0n) is 13.8. The van der Waals surface area contributed by atoms with Crippen LogP contribution in [0.1, 0.15) is 30.5 Å². The van der Waals surface area contributed by atoms with Crippen molar-refractivity contribution in [1.82, 2.24) is 4.90 Å². The lowest BCUT2D eigenvalue weighted by Crippen LogP contribution is -2.27. The molecule has 0 saturated carbocycles. The molecule has 1 heterocycles. The first kappa shape index (κ1) is 16.5. The van der Waals surface area contributed by atoms with Crippen molar-refractivity contribution in [2.45, 2.75) is 26.0 Å². The minimum atomic E-state index is -1.39. The number of fused-ring (bicyclic) bond motifs is 1. The molecule has 0 fully saturated rings. The predicted molar refractivity (Wildman–Crippen MR) is 88.1 cm³/mol. The third-order valence-corrected chi connectivity index (χ3v) is 4.01. The van der Waals surface area contributed by atoms with Crippen LogP contribution in [0.15, 0.2) is 42.3 Å². The Morgan fingerprint density at radius 2 is 1.75 bits per heavy atom. The van der Waals surface area contributed by atoms with E-state index < -0.39 is 11.4 Å². The van der Waals surface area contributed by atoms with E-state index in [1.54, 1.807) is 36.2 Å². The van der Waals surface area contributed by atoms with Crippen LogP contribution in [0.4, 0.5) is 8.78 Å². The Bertz CT molecular complexity index is 809. The summed E-state index contributed by atoms with van der Waals surface area (Å²) in [6.45, 7) is 3.35. The van der Waals surface area contributed by atoms with Crippen LogP contribution in [0.5, 0.6) is 5.75 Å². The maximum absolute atomic E-state index is 14.2. The molecular weight excluding hydrogens is 312 g/mol.